The Hall–Kier alpha value is -2.70. The zero-order chi connectivity index (χ0) is 16.2. The molecule has 23 heavy (non-hydrogen) atoms. The molecule has 0 saturated carbocycles. The third-order valence-electron chi connectivity index (χ3n) is 3.65. The van der Waals surface area contributed by atoms with E-state index in [-0.39, 0.29) is 11.9 Å². The molecule has 0 bridgehead atoms. The van der Waals surface area contributed by atoms with Crippen molar-refractivity contribution in [2.45, 2.75) is 32.9 Å². The lowest BCUT2D eigenvalue weighted by atomic mass is 10.3. The van der Waals surface area contributed by atoms with Crippen LogP contribution in [0.25, 0.3) is 11.0 Å². The standard InChI is InChI=1S/C16H20N6O/c1-12(2)22-11-13(10-18-22)16(23)17-8-5-9-21-15-7-4-3-6-14(15)19-20-21/h3-4,6-7,10-12H,5,8-9H2,1-2H3,(H,17,23). The Kier molecular flexibility index (Phi) is 4.36. The quantitative estimate of drug-likeness (QED) is 0.706. The van der Waals surface area contributed by atoms with Crippen LogP contribution in [0.15, 0.2) is 36.7 Å². The van der Waals surface area contributed by atoms with E-state index in [1.807, 2.05) is 42.8 Å². The first-order valence-electron chi connectivity index (χ1n) is 7.76. The number of nitrogens with one attached hydrogen (secondary N) is 1. The SMILES string of the molecule is CC(C)n1cc(C(=O)NCCCn2nnc3ccccc32)cn1. The van der Waals surface area contributed by atoms with Crippen molar-refractivity contribution in [3.8, 4) is 0 Å². The molecule has 0 aliphatic carbocycles. The maximum Gasteiger partial charge on any atom is 0.254 e. The number of nitrogens with zero attached hydrogens (tertiary/aromatic N) is 5. The summed E-state index contributed by atoms with van der Waals surface area (Å²) in [7, 11) is 0. The molecule has 2 aromatic heterocycles. The van der Waals surface area contributed by atoms with Crippen LogP contribution < -0.4 is 5.32 Å². The van der Waals surface area contributed by atoms with Gasteiger partial charge in [0.2, 0.25) is 0 Å². The van der Waals surface area contributed by atoms with Gasteiger partial charge in [0, 0.05) is 25.3 Å². The summed E-state index contributed by atoms with van der Waals surface area (Å²) in [6.45, 7) is 5.35. The highest BCUT2D eigenvalue weighted by Gasteiger charge is 2.09. The van der Waals surface area contributed by atoms with Gasteiger partial charge in [-0.1, -0.05) is 17.3 Å². The highest BCUT2D eigenvalue weighted by atomic mass is 16.1. The zero-order valence-electron chi connectivity index (χ0n) is 13.3. The summed E-state index contributed by atoms with van der Waals surface area (Å²) in [5.74, 6) is -0.0969. The third kappa shape index (κ3) is 3.39. The number of amides is 1. The Morgan fingerprint density at radius 3 is 2.91 bits per heavy atom. The fourth-order valence-electron chi connectivity index (χ4n) is 2.35. The molecule has 1 aromatic carbocycles. The lowest BCUT2D eigenvalue weighted by Gasteiger charge is -2.05. The number of rotatable bonds is 6. The number of carbonyl (C=O) groups excluding carboxylic acids is 1. The van der Waals surface area contributed by atoms with E-state index in [9.17, 15) is 4.79 Å². The van der Waals surface area contributed by atoms with Crippen LogP contribution in [-0.2, 0) is 6.54 Å². The van der Waals surface area contributed by atoms with Crippen molar-refractivity contribution in [3.63, 3.8) is 0 Å². The molecule has 0 spiro atoms. The van der Waals surface area contributed by atoms with Crippen LogP contribution in [-0.4, -0.2) is 37.2 Å². The summed E-state index contributed by atoms with van der Waals surface area (Å²) >= 11 is 0. The number of aromatic nitrogens is 5. The molecule has 0 unspecified atom stereocenters. The molecule has 0 aliphatic rings. The van der Waals surface area contributed by atoms with Crippen molar-refractivity contribution in [2.75, 3.05) is 6.54 Å². The smallest absolute Gasteiger partial charge is 0.254 e. The molecule has 7 nitrogen and oxygen atoms in total. The van der Waals surface area contributed by atoms with Gasteiger partial charge in [0.25, 0.3) is 5.91 Å². The molecular formula is C16H20N6O. The topological polar surface area (TPSA) is 77.6 Å². The second-order valence-electron chi connectivity index (χ2n) is 5.71. The van der Waals surface area contributed by atoms with E-state index in [1.54, 1.807) is 17.1 Å². The first-order valence-corrected chi connectivity index (χ1v) is 7.76. The summed E-state index contributed by atoms with van der Waals surface area (Å²) in [5, 5.41) is 15.3. The number of aryl methyl sites for hydroxylation is 1. The van der Waals surface area contributed by atoms with Gasteiger partial charge in [-0.2, -0.15) is 5.10 Å². The van der Waals surface area contributed by atoms with Gasteiger partial charge >= 0.3 is 0 Å². The zero-order valence-corrected chi connectivity index (χ0v) is 13.3. The highest BCUT2D eigenvalue weighted by Crippen LogP contribution is 2.10. The maximum absolute atomic E-state index is 12.1. The van der Waals surface area contributed by atoms with Crippen LogP contribution in [0, 0.1) is 0 Å². The van der Waals surface area contributed by atoms with Gasteiger partial charge in [0.05, 0.1) is 17.3 Å². The van der Waals surface area contributed by atoms with Gasteiger partial charge in [0.15, 0.2) is 0 Å². The summed E-state index contributed by atoms with van der Waals surface area (Å²) in [4.78, 5) is 12.1. The minimum atomic E-state index is -0.0969. The van der Waals surface area contributed by atoms with Gasteiger partial charge in [-0.3, -0.25) is 9.48 Å². The lowest BCUT2D eigenvalue weighted by Crippen LogP contribution is -2.25. The van der Waals surface area contributed by atoms with Crippen LogP contribution in [0.4, 0.5) is 0 Å². The molecule has 1 amide bonds. The summed E-state index contributed by atoms with van der Waals surface area (Å²) in [5.41, 5.74) is 2.49. The van der Waals surface area contributed by atoms with Crippen molar-refractivity contribution >= 4 is 16.9 Å². The van der Waals surface area contributed by atoms with Crippen LogP contribution in [0.3, 0.4) is 0 Å². The largest absolute Gasteiger partial charge is 0.352 e. The van der Waals surface area contributed by atoms with Crippen molar-refractivity contribution in [1.82, 2.24) is 30.1 Å². The van der Waals surface area contributed by atoms with Gasteiger partial charge in [0.1, 0.15) is 5.52 Å². The number of hydrogen-bond donors (Lipinski definition) is 1. The first-order chi connectivity index (χ1) is 11.1. The third-order valence-corrected chi connectivity index (χ3v) is 3.65. The van der Waals surface area contributed by atoms with E-state index in [2.05, 4.69) is 20.7 Å². The molecule has 2 heterocycles. The minimum Gasteiger partial charge on any atom is -0.352 e. The molecule has 7 heteroatoms. The minimum absolute atomic E-state index is 0.0969. The predicted octanol–water partition coefficient (Wildman–Crippen LogP) is 2.03. The Labute approximate surface area is 134 Å². The molecule has 0 saturated heterocycles. The van der Waals surface area contributed by atoms with Crippen LogP contribution in [0.2, 0.25) is 0 Å². The summed E-state index contributed by atoms with van der Waals surface area (Å²) in [6.07, 6.45) is 4.16. The first kappa shape index (κ1) is 15.2. The summed E-state index contributed by atoms with van der Waals surface area (Å²) in [6, 6.07) is 8.09. The van der Waals surface area contributed by atoms with E-state index in [0.717, 1.165) is 17.5 Å². The molecule has 120 valence electrons. The molecule has 0 radical (unpaired) electrons. The molecule has 0 atom stereocenters. The van der Waals surface area contributed by atoms with E-state index >= 15 is 0 Å². The average molecular weight is 312 g/mol. The normalized spacial score (nSPS) is 11.3. The van der Waals surface area contributed by atoms with Crippen LogP contribution >= 0.6 is 0 Å². The number of para-hydroxylation sites is 1. The fourth-order valence-corrected chi connectivity index (χ4v) is 2.35. The Balaban J connectivity index is 1.50. The van der Waals surface area contributed by atoms with Gasteiger partial charge in [-0.05, 0) is 32.4 Å². The van der Waals surface area contributed by atoms with Gasteiger partial charge in [-0.25, -0.2) is 4.68 Å². The lowest BCUT2D eigenvalue weighted by molar-refractivity contribution is 0.0952. The number of carbonyl (C=O) groups is 1. The number of benzene rings is 1. The molecule has 3 rings (SSSR count). The predicted molar refractivity (Wildman–Crippen MR) is 87.1 cm³/mol. The van der Waals surface area contributed by atoms with Crippen molar-refractivity contribution in [3.05, 3.63) is 42.2 Å². The number of fused-ring (bicyclic) bond motifs is 1. The Morgan fingerprint density at radius 2 is 2.13 bits per heavy atom. The fraction of sp³-hybridized carbons (Fsp3) is 0.375. The van der Waals surface area contributed by atoms with Crippen molar-refractivity contribution in [1.29, 1.82) is 0 Å². The van der Waals surface area contributed by atoms with Crippen LogP contribution in [0.1, 0.15) is 36.7 Å². The highest BCUT2D eigenvalue weighted by molar-refractivity contribution is 5.93. The average Bonchev–Trinajstić information content (AvgIpc) is 3.19. The van der Waals surface area contributed by atoms with Crippen molar-refractivity contribution < 1.29 is 4.79 Å². The summed E-state index contributed by atoms with van der Waals surface area (Å²) < 4.78 is 3.63. The van der Waals surface area contributed by atoms with E-state index in [1.165, 1.54) is 0 Å². The Bertz CT molecular complexity index is 804. The molecule has 1 N–H and O–H groups in total. The molecular weight excluding hydrogens is 292 g/mol. The van der Waals surface area contributed by atoms with Gasteiger partial charge in [-0.15, -0.1) is 5.10 Å². The van der Waals surface area contributed by atoms with E-state index in [0.29, 0.717) is 18.7 Å². The molecule has 0 fully saturated rings. The van der Waals surface area contributed by atoms with Crippen LogP contribution in [0.5, 0.6) is 0 Å². The maximum atomic E-state index is 12.1. The Morgan fingerprint density at radius 1 is 1.30 bits per heavy atom. The van der Waals surface area contributed by atoms with Crippen molar-refractivity contribution in [2.24, 2.45) is 0 Å². The second-order valence-corrected chi connectivity index (χ2v) is 5.71. The van der Waals surface area contributed by atoms with Gasteiger partial charge < -0.3 is 5.32 Å². The van der Waals surface area contributed by atoms with E-state index < -0.39 is 0 Å². The van der Waals surface area contributed by atoms with E-state index in [4.69, 9.17) is 0 Å². The molecule has 0 aliphatic heterocycles. The monoisotopic (exact) mass is 312 g/mol. The number of hydrogen-bond acceptors (Lipinski definition) is 4. The molecule has 3 aromatic rings. The second kappa shape index (κ2) is 6.60.